The zero-order chi connectivity index (χ0) is 24.8. The maximum atomic E-state index is 14.6. The first-order chi connectivity index (χ1) is 17.5. The fraction of sp³-hybridized carbons (Fsp3) is 0.346. The lowest BCUT2D eigenvalue weighted by atomic mass is 10.1. The molecule has 4 heterocycles. The number of amides is 2. The summed E-state index contributed by atoms with van der Waals surface area (Å²) < 4.78 is 21.8. The lowest BCUT2D eigenvalue weighted by molar-refractivity contribution is -0.113. The Labute approximate surface area is 210 Å². The van der Waals surface area contributed by atoms with Crippen molar-refractivity contribution in [2.24, 2.45) is 0 Å². The Balaban J connectivity index is 1.02. The summed E-state index contributed by atoms with van der Waals surface area (Å²) in [5.74, 6) is 0.0505. The molecule has 186 valence electrons. The van der Waals surface area contributed by atoms with Crippen molar-refractivity contribution < 1.29 is 18.7 Å². The van der Waals surface area contributed by atoms with Gasteiger partial charge in [0.1, 0.15) is 11.9 Å². The van der Waals surface area contributed by atoms with Gasteiger partial charge >= 0.3 is 6.09 Å². The number of hydrogen-bond acceptors (Lipinski definition) is 6. The number of hydrogen-bond donors (Lipinski definition) is 2. The zero-order valence-electron chi connectivity index (χ0n) is 19.5. The Morgan fingerprint density at radius 3 is 2.83 bits per heavy atom. The lowest BCUT2D eigenvalue weighted by Crippen LogP contribution is -2.26. The van der Waals surface area contributed by atoms with E-state index in [0.717, 1.165) is 35.2 Å². The van der Waals surface area contributed by atoms with E-state index in [4.69, 9.17) is 4.74 Å². The lowest BCUT2D eigenvalue weighted by Gasteiger charge is -2.20. The Kier molecular flexibility index (Phi) is 5.93. The molecular formula is C26H25FN4O4S. The fourth-order valence-corrected chi connectivity index (χ4v) is 6.03. The molecule has 0 bridgehead atoms. The first-order valence-corrected chi connectivity index (χ1v) is 13.1. The minimum Gasteiger partial charge on any atom is -0.444 e. The molecule has 0 spiro atoms. The van der Waals surface area contributed by atoms with Crippen molar-refractivity contribution in [1.82, 2.24) is 9.88 Å². The second kappa shape index (κ2) is 9.25. The molecule has 0 saturated carbocycles. The highest BCUT2D eigenvalue weighted by molar-refractivity contribution is 8.00. The van der Waals surface area contributed by atoms with Gasteiger partial charge in [-0.2, -0.15) is 0 Å². The summed E-state index contributed by atoms with van der Waals surface area (Å²) in [7, 11) is 0. The van der Waals surface area contributed by atoms with Crippen LogP contribution >= 0.6 is 11.8 Å². The monoisotopic (exact) mass is 508 g/mol. The second-order valence-corrected chi connectivity index (χ2v) is 10.3. The summed E-state index contributed by atoms with van der Waals surface area (Å²) in [5, 5.41) is 7.12. The van der Waals surface area contributed by atoms with Gasteiger partial charge in [-0.05, 0) is 67.6 Å². The first-order valence-electron chi connectivity index (χ1n) is 12.1. The molecule has 1 saturated heterocycles. The quantitative estimate of drug-likeness (QED) is 0.469. The number of aromatic nitrogens is 1. The number of fused-ring (bicyclic) bond motifs is 1. The smallest absolute Gasteiger partial charge is 0.414 e. The molecule has 1 aromatic heterocycles. The van der Waals surface area contributed by atoms with E-state index < -0.39 is 0 Å². The average Bonchev–Trinajstić information content (AvgIpc) is 3.44. The molecule has 10 heteroatoms. The number of thioether (sulfide) groups is 1. The van der Waals surface area contributed by atoms with Gasteiger partial charge in [-0.25, -0.2) is 9.18 Å². The van der Waals surface area contributed by atoms with Gasteiger partial charge in [0.25, 0.3) is 5.56 Å². The largest absolute Gasteiger partial charge is 0.444 e. The molecule has 0 aliphatic carbocycles. The molecule has 3 aromatic rings. The number of nitrogens with zero attached hydrogens (tertiary/aromatic N) is 2. The van der Waals surface area contributed by atoms with Crippen molar-refractivity contribution in [1.29, 1.82) is 0 Å². The van der Waals surface area contributed by atoms with Crippen molar-refractivity contribution >= 4 is 46.0 Å². The van der Waals surface area contributed by atoms with Gasteiger partial charge < -0.3 is 19.9 Å². The maximum Gasteiger partial charge on any atom is 0.414 e. The summed E-state index contributed by atoms with van der Waals surface area (Å²) in [6.45, 7) is 1.54. The molecule has 6 rings (SSSR count). The van der Waals surface area contributed by atoms with Crippen molar-refractivity contribution in [3.63, 3.8) is 0 Å². The number of halogens is 1. The van der Waals surface area contributed by atoms with Crippen molar-refractivity contribution in [2.45, 2.75) is 42.8 Å². The van der Waals surface area contributed by atoms with Gasteiger partial charge in [0.15, 0.2) is 0 Å². The summed E-state index contributed by atoms with van der Waals surface area (Å²) >= 11 is 1.48. The highest BCUT2D eigenvalue weighted by Crippen LogP contribution is 2.36. The summed E-state index contributed by atoms with van der Waals surface area (Å²) in [6, 6.07) is 11.8. The van der Waals surface area contributed by atoms with Gasteiger partial charge in [0.2, 0.25) is 5.91 Å². The number of nitrogens with one attached hydrogen (secondary N) is 2. The number of ether oxygens (including phenoxy) is 1. The minimum absolute atomic E-state index is 0.0481. The van der Waals surface area contributed by atoms with Crippen LogP contribution in [0.3, 0.4) is 0 Å². The van der Waals surface area contributed by atoms with Gasteiger partial charge in [0.05, 0.1) is 29.5 Å². The minimum atomic E-state index is -0.384. The van der Waals surface area contributed by atoms with E-state index in [2.05, 4.69) is 10.6 Å². The van der Waals surface area contributed by atoms with Gasteiger partial charge in [-0.1, -0.05) is 0 Å². The van der Waals surface area contributed by atoms with E-state index in [9.17, 15) is 18.8 Å². The maximum absolute atomic E-state index is 14.6. The van der Waals surface area contributed by atoms with E-state index in [1.807, 2.05) is 18.2 Å². The molecule has 8 nitrogen and oxygen atoms in total. The van der Waals surface area contributed by atoms with E-state index in [1.165, 1.54) is 23.9 Å². The Bertz CT molecular complexity index is 1440. The molecule has 0 unspecified atom stereocenters. The number of anilines is 2. The fourth-order valence-electron chi connectivity index (χ4n) is 5.25. The molecule has 2 atom stereocenters. The predicted octanol–water partition coefficient (Wildman–Crippen LogP) is 4.02. The van der Waals surface area contributed by atoms with E-state index in [-0.39, 0.29) is 35.5 Å². The van der Waals surface area contributed by atoms with E-state index in [1.54, 1.807) is 21.6 Å². The van der Waals surface area contributed by atoms with Crippen LogP contribution in [-0.2, 0) is 16.1 Å². The number of benzene rings is 2. The topological polar surface area (TPSA) is 92.7 Å². The van der Waals surface area contributed by atoms with Crippen molar-refractivity contribution in [3.05, 3.63) is 64.2 Å². The van der Waals surface area contributed by atoms with Crippen LogP contribution in [0.2, 0.25) is 0 Å². The van der Waals surface area contributed by atoms with E-state index >= 15 is 0 Å². The molecule has 36 heavy (non-hydrogen) atoms. The van der Waals surface area contributed by atoms with E-state index in [0.29, 0.717) is 42.2 Å². The highest BCUT2D eigenvalue weighted by Gasteiger charge is 2.33. The Morgan fingerprint density at radius 1 is 1.08 bits per heavy atom. The molecule has 2 N–H and O–H groups in total. The molecule has 3 aliphatic heterocycles. The third-order valence-electron chi connectivity index (χ3n) is 6.98. The van der Waals surface area contributed by atoms with Gasteiger partial charge in [-0.3, -0.25) is 14.5 Å². The highest BCUT2D eigenvalue weighted by atomic mass is 32.2. The van der Waals surface area contributed by atoms with Gasteiger partial charge in [0, 0.05) is 28.8 Å². The van der Waals surface area contributed by atoms with Crippen molar-refractivity contribution in [3.8, 4) is 0 Å². The van der Waals surface area contributed by atoms with Crippen LogP contribution in [0.5, 0.6) is 0 Å². The molecule has 2 aromatic carbocycles. The van der Waals surface area contributed by atoms with Crippen molar-refractivity contribution in [2.75, 3.05) is 29.1 Å². The van der Waals surface area contributed by atoms with Gasteiger partial charge in [-0.15, -0.1) is 11.8 Å². The molecular weight excluding hydrogens is 483 g/mol. The Morgan fingerprint density at radius 2 is 1.94 bits per heavy atom. The third kappa shape index (κ3) is 4.14. The standard InChI is InChI=1S/C26H25FN4O4S/c27-18-7-4-15-5-9-23(33)31-13-20(24(18)25(15)31)28-10-2-1-3-17-12-30(26(34)35-17)16-6-8-21-19(11-16)29-22(32)14-36-21/h4-9,11,17,20,28H,1-3,10,12-14H2,(H,29,32)/t17-,20-/m0/s1. The molecule has 1 fully saturated rings. The molecule has 3 aliphatic rings. The number of unbranched alkanes of at least 4 members (excludes halogenated alkanes) is 1. The van der Waals surface area contributed by atoms with Crippen LogP contribution < -0.4 is 21.1 Å². The molecule has 0 radical (unpaired) electrons. The number of pyridine rings is 1. The predicted molar refractivity (Wildman–Crippen MR) is 136 cm³/mol. The normalized spacial score (nSPS) is 20.5. The number of rotatable bonds is 7. The van der Waals surface area contributed by atoms with Crippen LogP contribution in [-0.4, -0.2) is 41.5 Å². The molecule has 2 amide bonds. The van der Waals surface area contributed by atoms with Crippen LogP contribution in [0, 0.1) is 5.82 Å². The van der Waals surface area contributed by atoms with Crippen LogP contribution in [0.15, 0.2) is 52.2 Å². The van der Waals surface area contributed by atoms with Crippen LogP contribution in [0.25, 0.3) is 10.9 Å². The number of cyclic esters (lactones) is 1. The average molecular weight is 509 g/mol. The Hall–Kier alpha value is -3.37. The zero-order valence-corrected chi connectivity index (χ0v) is 20.3. The SMILES string of the molecule is O=C1CSc2ccc(N3C[C@H](CCCCN[C@H]4Cn5c(=O)ccc6ccc(F)c4c65)OC3=O)cc2N1. The van der Waals surface area contributed by atoms with Crippen LogP contribution in [0.1, 0.15) is 30.9 Å². The second-order valence-electron chi connectivity index (χ2n) is 9.32. The first kappa shape index (κ1) is 23.1. The summed E-state index contributed by atoms with van der Waals surface area (Å²) in [6.07, 6.45) is 1.79. The van der Waals surface area contributed by atoms with Crippen LogP contribution in [0.4, 0.5) is 20.6 Å². The summed E-state index contributed by atoms with van der Waals surface area (Å²) in [5.41, 5.74) is 2.55. The number of carbonyl (C=O) groups is 2. The third-order valence-corrected chi connectivity index (χ3v) is 8.05. The summed E-state index contributed by atoms with van der Waals surface area (Å²) in [4.78, 5) is 39.0. The number of carbonyl (C=O) groups excluding carboxylic acids is 2.